The number of hydrogen-bond donors (Lipinski definition) is 0. The number of benzene rings is 3. The van der Waals surface area contributed by atoms with Crippen molar-refractivity contribution in [3.05, 3.63) is 89.5 Å². The predicted octanol–water partition coefficient (Wildman–Crippen LogP) is 5.36. The number of nitrogens with zero attached hydrogens (tertiary/aromatic N) is 3. The van der Waals surface area contributed by atoms with Crippen molar-refractivity contribution in [2.24, 2.45) is 0 Å². The lowest BCUT2D eigenvalue weighted by molar-refractivity contribution is -0.121. The number of carbonyl (C=O) groups is 3. The predicted molar refractivity (Wildman–Crippen MR) is 134 cm³/mol. The van der Waals surface area contributed by atoms with Crippen LogP contribution in [0.15, 0.2) is 72.8 Å². The fourth-order valence-corrected chi connectivity index (χ4v) is 5.11. The Morgan fingerprint density at radius 3 is 2.44 bits per heavy atom. The van der Waals surface area contributed by atoms with E-state index < -0.39 is 0 Å². The fourth-order valence-electron chi connectivity index (χ4n) is 4.08. The molecular weight excluding hydrogens is 446 g/mol. The zero-order valence-corrected chi connectivity index (χ0v) is 19.5. The second-order valence-electron chi connectivity index (χ2n) is 8.20. The molecule has 34 heavy (non-hydrogen) atoms. The molecule has 4 aromatic rings. The van der Waals surface area contributed by atoms with Crippen molar-refractivity contribution in [1.29, 1.82) is 0 Å². The summed E-state index contributed by atoms with van der Waals surface area (Å²) in [5.41, 5.74) is 3.87. The molecule has 0 N–H and O–H groups in total. The quantitative estimate of drug-likeness (QED) is 0.357. The summed E-state index contributed by atoms with van der Waals surface area (Å²) in [6.45, 7) is 2.46. The maximum atomic E-state index is 13.8. The van der Waals surface area contributed by atoms with E-state index in [9.17, 15) is 14.4 Å². The SMILES string of the molecule is CCc1ccc2nc(N(Cc3ccccc3)C(=O)c3cccc(N4C(=O)CCC4=O)c3)sc2c1. The van der Waals surface area contributed by atoms with Crippen LogP contribution in [-0.2, 0) is 22.6 Å². The van der Waals surface area contributed by atoms with Crippen molar-refractivity contribution >= 4 is 50.1 Å². The lowest BCUT2D eigenvalue weighted by Gasteiger charge is -2.21. The lowest BCUT2D eigenvalue weighted by atomic mass is 10.1. The number of imide groups is 1. The molecule has 1 aliphatic rings. The number of carbonyl (C=O) groups excluding carboxylic acids is 3. The van der Waals surface area contributed by atoms with Crippen LogP contribution in [0.3, 0.4) is 0 Å². The third kappa shape index (κ3) is 4.22. The molecule has 0 unspecified atom stereocenters. The second kappa shape index (κ2) is 9.19. The van der Waals surface area contributed by atoms with E-state index in [1.165, 1.54) is 21.8 Å². The molecule has 3 aromatic carbocycles. The van der Waals surface area contributed by atoms with E-state index in [1.807, 2.05) is 36.4 Å². The highest BCUT2D eigenvalue weighted by Gasteiger charge is 2.31. The highest BCUT2D eigenvalue weighted by molar-refractivity contribution is 7.22. The average molecular weight is 470 g/mol. The fraction of sp³-hybridized carbons (Fsp3) is 0.185. The summed E-state index contributed by atoms with van der Waals surface area (Å²) < 4.78 is 1.03. The average Bonchev–Trinajstić information content (AvgIpc) is 3.44. The molecule has 0 radical (unpaired) electrons. The highest BCUT2D eigenvalue weighted by atomic mass is 32.1. The number of anilines is 2. The van der Waals surface area contributed by atoms with E-state index in [1.54, 1.807) is 29.2 Å². The number of thiazole rings is 1. The van der Waals surface area contributed by atoms with Crippen LogP contribution in [0, 0.1) is 0 Å². The normalized spacial score (nSPS) is 13.6. The number of aryl methyl sites for hydroxylation is 1. The van der Waals surface area contributed by atoms with Gasteiger partial charge in [-0.25, -0.2) is 4.98 Å². The zero-order valence-electron chi connectivity index (χ0n) is 18.7. The molecule has 7 heteroatoms. The summed E-state index contributed by atoms with van der Waals surface area (Å²) in [5.74, 6) is -0.721. The van der Waals surface area contributed by atoms with E-state index in [2.05, 4.69) is 19.1 Å². The van der Waals surface area contributed by atoms with Gasteiger partial charge in [0.2, 0.25) is 11.8 Å². The maximum absolute atomic E-state index is 13.8. The summed E-state index contributed by atoms with van der Waals surface area (Å²) in [7, 11) is 0. The van der Waals surface area contributed by atoms with Crippen molar-refractivity contribution in [3.63, 3.8) is 0 Å². The summed E-state index contributed by atoms with van der Waals surface area (Å²) >= 11 is 1.48. The molecule has 0 atom stereocenters. The topological polar surface area (TPSA) is 70.6 Å². The smallest absolute Gasteiger partial charge is 0.260 e. The Morgan fingerprint density at radius 1 is 0.941 bits per heavy atom. The number of rotatable bonds is 6. The highest BCUT2D eigenvalue weighted by Crippen LogP contribution is 2.32. The molecule has 1 saturated heterocycles. The van der Waals surface area contributed by atoms with Crippen molar-refractivity contribution in [1.82, 2.24) is 4.98 Å². The van der Waals surface area contributed by atoms with Crippen LogP contribution in [-0.4, -0.2) is 22.7 Å². The van der Waals surface area contributed by atoms with Gasteiger partial charge in [-0.15, -0.1) is 0 Å². The van der Waals surface area contributed by atoms with E-state index >= 15 is 0 Å². The molecule has 0 aliphatic carbocycles. The monoisotopic (exact) mass is 469 g/mol. The van der Waals surface area contributed by atoms with Gasteiger partial charge in [-0.05, 0) is 47.9 Å². The molecule has 2 heterocycles. The Kier molecular flexibility index (Phi) is 5.94. The van der Waals surface area contributed by atoms with Gasteiger partial charge >= 0.3 is 0 Å². The van der Waals surface area contributed by atoms with Crippen molar-refractivity contribution in [2.45, 2.75) is 32.7 Å². The van der Waals surface area contributed by atoms with Crippen LogP contribution in [0.25, 0.3) is 10.2 Å². The molecule has 5 rings (SSSR count). The molecule has 170 valence electrons. The van der Waals surface area contributed by atoms with Crippen LogP contribution in [0.2, 0.25) is 0 Å². The Hall–Kier alpha value is -3.84. The van der Waals surface area contributed by atoms with E-state index in [-0.39, 0.29) is 30.6 Å². The summed E-state index contributed by atoms with van der Waals surface area (Å²) in [6, 6.07) is 22.6. The van der Waals surface area contributed by atoms with Gasteiger partial charge in [0, 0.05) is 18.4 Å². The van der Waals surface area contributed by atoms with Gasteiger partial charge in [-0.2, -0.15) is 0 Å². The zero-order chi connectivity index (χ0) is 23.7. The Labute approximate surface area is 201 Å². The number of aromatic nitrogens is 1. The first-order chi connectivity index (χ1) is 16.5. The van der Waals surface area contributed by atoms with Crippen LogP contribution in [0.1, 0.15) is 41.3 Å². The van der Waals surface area contributed by atoms with Gasteiger partial charge in [0.15, 0.2) is 5.13 Å². The lowest BCUT2D eigenvalue weighted by Crippen LogP contribution is -2.31. The molecule has 0 spiro atoms. The minimum atomic E-state index is -0.242. The van der Waals surface area contributed by atoms with Gasteiger partial charge in [-0.1, -0.05) is 60.7 Å². The maximum Gasteiger partial charge on any atom is 0.260 e. The second-order valence-corrected chi connectivity index (χ2v) is 9.21. The Morgan fingerprint density at radius 2 is 1.71 bits per heavy atom. The molecule has 3 amide bonds. The molecule has 1 aliphatic heterocycles. The van der Waals surface area contributed by atoms with E-state index in [0.717, 1.165) is 22.2 Å². The first kappa shape index (κ1) is 22.0. The first-order valence-electron chi connectivity index (χ1n) is 11.2. The molecular formula is C27H23N3O3S. The van der Waals surface area contributed by atoms with Crippen molar-refractivity contribution in [3.8, 4) is 0 Å². The number of fused-ring (bicyclic) bond motifs is 1. The number of hydrogen-bond acceptors (Lipinski definition) is 5. The van der Waals surface area contributed by atoms with Gasteiger partial charge in [-0.3, -0.25) is 24.2 Å². The molecule has 6 nitrogen and oxygen atoms in total. The minimum absolute atomic E-state index is 0.197. The summed E-state index contributed by atoms with van der Waals surface area (Å²) in [6.07, 6.45) is 1.32. The van der Waals surface area contributed by atoms with Crippen molar-refractivity contribution < 1.29 is 14.4 Å². The van der Waals surface area contributed by atoms with Crippen LogP contribution < -0.4 is 9.80 Å². The molecule has 0 bridgehead atoms. The van der Waals surface area contributed by atoms with Gasteiger partial charge in [0.1, 0.15) is 0 Å². The van der Waals surface area contributed by atoms with Crippen LogP contribution >= 0.6 is 11.3 Å². The summed E-state index contributed by atoms with van der Waals surface area (Å²) in [5, 5.41) is 0.607. The van der Waals surface area contributed by atoms with Gasteiger partial charge in [0.25, 0.3) is 5.91 Å². The minimum Gasteiger partial charge on any atom is -0.279 e. The van der Waals surface area contributed by atoms with Crippen LogP contribution in [0.4, 0.5) is 10.8 Å². The van der Waals surface area contributed by atoms with Gasteiger partial charge < -0.3 is 0 Å². The van der Waals surface area contributed by atoms with Crippen LogP contribution in [0.5, 0.6) is 0 Å². The Balaban J connectivity index is 1.54. The Bertz CT molecular complexity index is 1380. The van der Waals surface area contributed by atoms with E-state index in [4.69, 9.17) is 4.98 Å². The van der Waals surface area contributed by atoms with E-state index in [0.29, 0.717) is 22.9 Å². The first-order valence-corrected chi connectivity index (χ1v) is 12.1. The third-order valence-corrected chi connectivity index (χ3v) is 6.95. The summed E-state index contributed by atoms with van der Waals surface area (Å²) in [4.78, 5) is 45.8. The standard InChI is InChI=1S/C27H23N3O3S/c1-2-18-11-12-22-23(15-18)34-27(28-22)29(17-19-7-4-3-5-8-19)26(33)20-9-6-10-21(16-20)30-24(31)13-14-25(30)32/h3-12,15-16H,2,13-14,17H2,1H3. The third-order valence-electron chi connectivity index (χ3n) is 5.91. The van der Waals surface area contributed by atoms with Gasteiger partial charge in [0.05, 0.1) is 22.4 Å². The van der Waals surface area contributed by atoms with Crippen molar-refractivity contribution in [2.75, 3.05) is 9.80 Å². The molecule has 0 saturated carbocycles. The number of amides is 3. The molecule has 1 fully saturated rings. The molecule has 1 aromatic heterocycles. The largest absolute Gasteiger partial charge is 0.279 e.